The molecule has 0 spiro atoms. The van der Waals surface area contributed by atoms with Crippen molar-refractivity contribution in [1.29, 1.82) is 0 Å². The minimum atomic E-state index is -4.08. The maximum absolute atomic E-state index is 14.6. The zero-order valence-electron chi connectivity index (χ0n) is 27.6. The molecule has 1 aromatic heterocycles. The summed E-state index contributed by atoms with van der Waals surface area (Å²) in [5, 5.41) is 0.958. The highest BCUT2D eigenvalue weighted by molar-refractivity contribution is 7.90. The van der Waals surface area contributed by atoms with Crippen LogP contribution in [0.2, 0.25) is 0 Å². The molecule has 3 fully saturated rings. The van der Waals surface area contributed by atoms with Crippen LogP contribution in [0.1, 0.15) is 66.4 Å². The second-order valence-corrected chi connectivity index (χ2v) is 17.7. The average Bonchev–Trinajstić information content (AvgIpc) is 3.33. The molecule has 2 aromatic carbocycles. The molecule has 48 heavy (non-hydrogen) atoms. The zero-order chi connectivity index (χ0) is 33.7. The Labute approximate surface area is 282 Å². The molecule has 3 aromatic rings. The van der Waals surface area contributed by atoms with E-state index in [0.717, 1.165) is 53.5 Å². The maximum Gasteiger partial charge on any atom is 0.304 e. The summed E-state index contributed by atoms with van der Waals surface area (Å²) in [6.45, 7) is 4.09. The number of aromatic nitrogens is 1. The van der Waals surface area contributed by atoms with E-state index in [-0.39, 0.29) is 63.8 Å². The van der Waals surface area contributed by atoms with Gasteiger partial charge < -0.3 is 18.8 Å². The first-order valence-electron chi connectivity index (χ1n) is 16.8. The summed E-state index contributed by atoms with van der Waals surface area (Å²) < 4.78 is 77.7. The van der Waals surface area contributed by atoms with E-state index in [9.17, 15) is 21.6 Å². The van der Waals surface area contributed by atoms with Gasteiger partial charge in [-0.2, -0.15) is 17.0 Å². The summed E-state index contributed by atoms with van der Waals surface area (Å²) in [6.07, 6.45) is 5.69. The molecule has 2 saturated heterocycles. The van der Waals surface area contributed by atoms with Crippen LogP contribution < -0.4 is 9.46 Å². The number of nitrogens with zero attached hydrogens (tertiary/aromatic N) is 3. The minimum absolute atomic E-state index is 0.152. The van der Waals surface area contributed by atoms with E-state index < -0.39 is 30.9 Å². The van der Waals surface area contributed by atoms with Gasteiger partial charge >= 0.3 is 10.2 Å². The molecule has 1 saturated carbocycles. The number of morpholine rings is 2. The van der Waals surface area contributed by atoms with Crippen LogP contribution >= 0.6 is 0 Å². The molecule has 1 N–H and O–H groups in total. The van der Waals surface area contributed by atoms with E-state index >= 15 is 0 Å². The lowest BCUT2D eigenvalue weighted by Gasteiger charge is -2.36. The molecule has 0 bridgehead atoms. The normalized spacial score (nSPS) is 23.3. The highest BCUT2D eigenvalue weighted by Gasteiger charge is 2.47. The van der Waals surface area contributed by atoms with Gasteiger partial charge in [0.1, 0.15) is 10.5 Å². The fourth-order valence-electron chi connectivity index (χ4n) is 7.94. The molecule has 14 heteroatoms. The van der Waals surface area contributed by atoms with Crippen molar-refractivity contribution in [2.75, 3.05) is 59.7 Å². The molecule has 12 nitrogen and oxygen atoms in total. The fourth-order valence-corrected chi connectivity index (χ4v) is 10.9. The van der Waals surface area contributed by atoms with Crippen LogP contribution in [-0.4, -0.2) is 100 Å². The van der Waals surface area contributed by atoms with Crippen LogP contribution in [0.3, 0.4) is 0 Å². The number of methoxy groups -OCH3 is 1. The SMILES string of the molecule is COc1ccc2c(c1)CC(C)(S(=O)(=O)N1CCOCC1)Cn1c-2c(C2CCCCC2)c2ccc(C(=O)NS(=O)(=O)N3CCOCC3)cc21. The number of sulfonamides is 1. The van der Waals surface area contributed by atoms with Gasteiger partial charge in [0.25, 0.3) is 5.91 Å². The summed E-state index contributed by atoms with van der Waals surface area (Å²) >= 11 is 0. The molecule has 4 aliphatic rings. The van der Waals surface area contributed by atoms with E-state index in [1.807, 2.05) is 31.2 Å². The third kappa shape index (κ3) is 5.94. The van der Waals surface area contributed by atoms with Crippen molar-refractivity contribution in [2.24, 2.45) is 0 Å². The minimum Gasteiger partial charge on any atom is -0.497 e. The van der Waals surface area contributed by atoms with Gasteiger partial charge in [0.2, 0.25) is 10.0 Å². The van der Waals surface area contributed by atoms with Gasteiger partial charge in [0.05, 0.1) is 39.2 Å². The molecule has 1 unspecified atom stereocenters. The lowest BCUT2D eigenvalue weighted by molar-refractivity contribution is 0.0717. The number of benzene rings is 2. The van der Waals surface area contributed by atoms with Crippen LogP contribution in [0.5, 0.6) is 5.75 Å². The van der Waals surface area contributed by atoms with Gasteiger partial charge in [-0.1, -0.05) is 25.3 Å². The van der Waals surface area contributed by atoms with Gasteiger partial charge in [0.15, 0.2) is 0 Å². The maximum atomic E-state index is 14.6. The van der Waals surface area contributed by atoms with Crippen LogP contribution in [-0.2, 0) is 42.7 Å². The number of carbonyl (C=O) groups is 1. The van der Waals surface area contributed by atoms with Crippen molar-refractivity contribution < 1.29 is 35.8 Å². The predicted octanol–water partition coefficient (Wildman–Crippen LogP) is 3.65. The van der Waals surface area contributed by atoms with E-state index in [1.54, 1.807) is 23.5 Å². The Morgan fingerprint density at radius 2 is 1.56 bits per heavy atom. The third-order valence-electron chi connectivity index (χ3n) is 10.5. The Morgan fingerprint density at radius 1 is 0.896 bits per heavy atom. The predicted molar refractivity (Wildman–Crippen MR) is 182 cm³/mol. The molecule has 1 atom stereocenters. The summed E-state index contributed by atoms with van der Waals surface area (Å²) in [5.41, 5.74) is 4.88. The molecule has 7 rings (SSSR count). The number of hydrogen-bond donors (Lipinski definition) is 1. The second-order valence-electron chi connectivity index (χ2n) is 13.5. The number of fused-ring (bicyclic) bond motifs is 5. The Balaban J connectivity index is 1.41. The number of hydrogen-bond acceptors (Lipinski definition) is 8. The molecule has 4 heterocycles. The number of carbonyl (C=O) groups excluding carboxylic acids is 1. The molecular formula is C34H44N4O8S2. The lowest BCUT2D eigenvalue weighted by Crippen LogP contribution is -2.53. The molecule has 1 amide bonds. The standard InChI is InChI=1S/C34H44N4O8S2/c1-34(47(40,41)36-12-16-45-17-13-36)22-26-20-27(44-2)9-11-28(26)32-31(24-6-4-3-5-7-24)29-10-8-25(21-30(29)38(32)23-34)33(39)35-48(42,43)37-14-18-46-19-15-37/h8-11,20-21,24H,3-7,12-19,22-23H2,1-2H3,(H,35,39). The first-order chi connectivity index (χ1) is 23.0. The highest BCUT2D eigenvalue weighted by Crippen LogP contribution is 2.49. The highest BCUT2D eigenvalue weighted by atomic mass is 32.2. The number of rotatable bonds is 7. The number of nitrogens with one attached hydrogen (secondary N) is 1. The summed E-state index contributed by atoms with van der Waals surface area (Å²) in [5.74, 6) is 0.179. The monoisotopic (exact) mass is 700 g/mol. The van der Waals surface area contributed by atoms with E-state index in [1.165, 1.54) is 10.7 Å². The van der Waals surface area contributed by atoms with E-state index in [0.29, 0.717) is 24.5 Å². The fraction of sp³-hybridized carbons (Fsp3) is 0.559. The van der Waals surface area contributed by atoms with Crippen molar-refractivity contribution in [3.63, 3.8) is 0 Å². The first kappa shape index (κ1) is 33.5. The lowest BCUT2D eigenvalue weighted by atomic mass is 9.81. The summed E-state index contributed by atoms with van der Waals surface area (Å²) in [4.78, 5) is 13.6. The summed E-state index contributed by atoms with van der Waals surface area (Å²) in [6, 6.07) is 11.2. The van der Waals surface area contributed by atoms with Gasteiger partial charge in [-0.05, 0) is 73.6 Å². The molecule has 0 radical (unpaired) electrons. The van der Waals surface area contributed by atoms with Crippen molar-refractivity contribution in [3.8, 4) is 17.0 Å². The number of amides is 1. The second kappa shape index (κ2) is 13.0. The van der Waals surface area contributed by atoms with E-state index in [4.69, 9.17) is 14.2 Å². The Hall–Kier alpha value is -3.01. The largest absolute Gasteiger partial charge is 0.497 e. The first-order valence-corrected chi connectivity index (χ1v) is 19.7. The summed E-state index contributed by atoms with van der Waals surface area (Å²) in [7, 11) is -6.31. The Morgan fingerprint density at radius 3 is 2.23 bits per heavy atom. The van der Waals surface area contributed by atoms with Crippen molar-refractivity contribution >= 4 is 37.0 Å². The zero-order valence-corrected chi connectivity index (χ0v) is 29.2. The molecule has 260 valence electrons. The number of ether oxygens (including phenoxy) is 3. The van der Waals surface area contributed by atoms with Gasteiger partial charge in [0, 0.05) is 54.8 Å². The smallest absolute Gasteiger partial charge is 0.304 e. The quantitative estimate of drug-likeness (QED) is 0.395. The van der Waals surface area contributed by atoms with Gasteiger partial charge in [-0.25, -0.2) is 13.1 Å². The molecular weight excluding hydrogens is 657 g/mol. The van der Waals surface area contributed by atoms with E-state index in [2.05, 4.69) is 9.29 Å². The van der Waals surface area contributed by atoms with Crippen molar-refractivity contribution in [2.45, 2.75) is 62.7 Å². The Kier molecular flexibility index (Phi) is 9.09. The van der Waals surface area contributed by atoms with Crippen LogP contribution in [0.15, 0.2) is 36.4 Å². The van der Waals surface area contributed by atoms with Crippen molar-refractivity contribution in [1.82, 2.24) is 17.9 Å². The Bertz CT molecular complexity index is 1930. The third-order valence-corrected chi connectivity index (χ3v) is 14.5. The van der Waals surface area contributed by atoms with Crippen LogP contribution in [0.4, 0.5) is 0 Å². The molecule has 3 aliphatic heterocycles. The average molecular weight is 701 g/mol. The van der Waals surface area contributed by atoms with Gasteiger partial charge in [-0.3, -0.25) is 4.79 Å². The van der Waals surface area contributed by atoms with Crippen molar-refractivity contribution in [3.05, 3.63) is 53.1 Å². The van der Waals surface area contributed by atoms with Crippen LogP contribution in [0, 0.1) is 0 Å². The molecule has 1 aliphatic carbocycles. The van der Waals surface area contributed by atoms with Crippen LogP contribution in [0.25, 0.3) is 22.2 Å². The van der Waals surface area contributed by atoms with Gasteiger partial charge in [-0.15, -0.1) is 0 Å². The topological polar surface area (TPSA) is 136 Å².